The normalized spacial score (nSPS) is 23.0. The lowest BCUT2D eigenvalue weighted by molar-refractivity contribution is -0.148. The van der Waals surface area contributed by atoms with Crippen LogP contribution in [0.2, 0.25) is 0 Å². The second kappa shape index (κ2) is 16.3. The molecular formula is C38H53N9O6. The Morgan fingerprint density at radius 2 is 1.62 bits per heavy atom. The smallest absolute Gasteiger partial charge is 0.323 e. The van der Waals surface area contributed by atoms with Crippen molar-refractivity contribution in [2.45, 2.75) is 100 Å². The van der Waals surface area contributed by atoms with E-state index < -0.39 is 47.0 Å². The number of hydrogen-bond donors (Lipinski definition) is 7. The van der Waals surface area contributed by atoms with Gasteiger partial charge in [0.2, 0.25) is 23.6 Å². The molecule has 2 aromatic rings. The van der Waals surface area contributed by atoms with E-state index in [1.165, 1.54) is 4.90 Å². The van der Waals surface area contributed by atoms with E-state index in [1.807, 2.05) is 68.4 Å². The molecule has 0 radical (unpaired) electrons. The van der Waals surface area contributed by atoms with Gasteiger partial charge in [-0.05, 0) is 74.5 Å². The fourth-order valence-corrected chi connectivity index (χ4v) is 7.60. The minimum Gasteiger partial charge on any atom is -0.480 e. The number of likely N-dealkylation sites (tertiary alicyclic amines) is 1. The predicted octanol–water partition coefficient (Wildman–Crippen LogP) is 0.693. The number of nitrogens with one attached hydrogen (secondary N) is 2. The number of carbonyl (C=O) groups excluding carboxylic acids is 4. The Labute approximate surface area is 309 Å². The van der Waals surface area contributed by atoms with Gasteiger partial charge in [-0.2, -0.15) is 0 Å². The van der Waals surface area contributed by atoms with Crippen molar-refractivity contribution >= 4 is 41.2 Å². The van der Waals surface area contributed by atoms with Gasteiger partial charge in [-0.3, -0.25) is 33.9 Å². The van der Waals surface area contributed by atoms with E-state index in [1.54, 1.807) is 4.90 Å². The fraction of sp³-hybridized carbons (Fsp3) is 0.526. The topological polar surface area (TPSA) is 253 Å². The molecule has 2 fully saturated rings. The summed E-state index contributed by atoms with van der Waals surface area (Å²) in [5, 5.41) is 15.5. The third kappa shape index (κ3) is 8.62. The number of fused-ring (bicyclic) bond motifs is 1. The van der Waals surface area contributed by atoms with Crippen molar-refractivity contribution in [2.75, 3.05) is 24.5 Å². The van der Waals surface area contributed by atoms with Crippen LogP contribution in [-0.2, 0) is 30.4 Å². The molecule has 5 atom stereocenters. The zero-order valence-electron chi connectivity index (χ0n) is 30.5. The molecule has 4 amide bonds. The lowest BCUT2D eigenvalue weighted by atomic mass is 9.88. The van der Waals surface area contributed by atoms with E-state index in [0.29, 0.717) is 37.9 Å². The van der Waals surface area contributed by atoms with Crippen LogP contribution in [0.5, 0.6) is 0 Å². The minimum absolute atomic E-state index is 0.0265. The molecule has 15 heteroatoms. The summed E-state index contributed by atoms with van der Waals surface area (Å²) in [6.07, 6.45) is 2.37. The molecule has 1 saturated carbocycles. The number of aliphatic carboxylic acids is 1. The first-order valence-electron chi connectivity index (χ1n) is 18.4. The summed E-state index contributed by atoms with van der Waals surface area (Å²) < 4.78 is 0. The van der Waals surface area contributed by atoms with Crippen molar-refractivity contribution in [3.8, 4) is 0 Å². The van der Waals surface area contributed by atoms with Crippen LogP contribution in [0, 0.1) is 5.92 Å². The van der Waals surface area contributed by atoms with Crippen LogP contribution in [0.15, 0.2) is 59.6 Å². The number of carbonyl (C=O) groups is 5. The van der Waals surface area contributed by atoms with Gasteiger partial charge in [0.15, 0.2) is 5.96 Å². The fourth-order valence-electron chi connectivity index (χ4n) is 7.60. The molecule has 2 aliphatic heterocycles. The van der Waals surface area contributed by atoms with Crippen LogP contribution in [0.25, 0.3) is 0 Å². The molecule has 11 N–H and O–H groups in total. The van der Waals surface area contributed by atoms with Crippen LogP contribution in [0.3, 0.4) is 0 Å². The zero-order valence-corrected chi connectivity index (χ0v) is 30.5. The molecule has 286 valence electrons. The molecule has 0 spiro atoms. The minimum atomic E-state index is -1.43. The van der Waals surface area contributed by atoms with Gasteiger partial charge in [0.05, 0.1) is 6.04 Å². The number of guanidine groups is 1. The highest BCUT2D eigenvalue weighted by molar-refractivity contribution is 6.11. The van der Waals surface area contributed by atoms with Crippen molar-refractivity contribution < 1.29 is 29.1 Å². The third-order valence-corrected chi connectivity index (χ3v) is 10.7. The number of benzene rings is 2. The van der Waals surface area contributed by atoms with Crippen molar-refractivity contribution in [1.82, 2.24) is 15.5 Å². The van der Waals surface area contributed by atoms with Crippen LogP contribution in [0.4, 0.5) is 5.69 Å². The van der Waals surface area contributed by atoms with E-state index in [4.69, 9.17) is 22.9 Å². The van der Waals surface area contributed by atoms with Gasteiger partial charge in [-0.1, -0.05) is 62.4 Å². The van der Waals surface area contributed by atoms with Gasteiger partial charge in [0.25, 0.3) is 0 Å². The number of nitrogens with zero attached hydrogens (tertiary/aromatic N) is 3. The second-order valence-electron chi connectivity index (χ2n) is 15.0. The number of hydrogen-bond acceptors (Lipinski definition) is 8. The standard InChI is InChI=1S/C38H53N9O6/c1-23(2)20-29(31(48)44-28(13-8-9-17-43-36(40)41)33(50)46-18-15-37(42,16-19-46)35(52)53)45-34(51)38(22-26(38)24-10-4-3-5-11-24)47-30-14-7-6-12-25(30)21-27(39)32(47)49/h3-7,10-12,14,23,26-29H,8-9,13,15-22,39,42H2,1-2H3,(H,44,48)(H,45,51)(H,52,53)(H4,40,41,43)/t26-,27-,28-,29-,38?/m1/s1. The lowest BCUT2D eigenvalue weighted by Gasteiger charge is -2.39. The van der Waals surface area contributed by atoms with Crippen LogP contribution < -0.4 is 38.5 Å². The van der Waals surface area contributed by atoms with Crippen LogP contribution >= 0.6 is 0 Å². The Morgan fingerprint density at radius 1 is 0.962 bits per heavy atom. The maximum absolute atomic E-state index is 14.8. The highest BCUT2D eigenvalue weighted by atomic mass is 16.4. The number of amides is 4. The SMILES string of the molecule is CC(C)C[C@@H](NC(=O)C1(N2C(=O)[C@H](N)Cc3ccccc32)C[C@@H]1c1ccccc1)C(=O)N[C@H](CCCCN=C(N)N)C(=O)N1CCC(N)(C(=O)O)CC1. The van der Waals surface area contributed by atoms with Crippen molar-refractivity contribution in [2.24, 2.45) is 33.8 Å². The van der Waals surface area contributed by atoms with Gasteiger partial charge in [-0.15, -0.1) is 0 Å². The number of carboxylic acid groups (broad SMARTS) is 1. The largest absolute Gasteiger partial charge is 0.480 e. The third-order valence-electron chi connectivity index (χ3n) is 10.7. The quantitative estimate of drug-likeness (QED) is 0.0767. The number of rotatable bonds is 15. The number of piperidine rings is 1. The summed E-state index contributed by atoms with van der Waals surface area (Å²) in [4.78, 5) is 75.6. The number of carboxylic acids is 1. The summed E-state index contributed by atoms with van der Waals surface area (Å²) in [6, 6.07) is 14.1. The summed E-state index contributed by atoms with van der Waals surface area (Å²) in [7, 11) is 0. The molecule has 1 aliphatic carbocycles. The van der Waals surface area contributed by atoms with Gasteiger partial charge < -0.3 is 43.6 Å². The highest BCUT2D eigenvalue weighted by Gasteiger charge is 2.67. The van der Waals surface area contributed by atoms with E-state index in [-0.39, 0.29) is 68.4 Å². The number of para-hydroxylation sites is 1. The van der Waals surface area contributed by atoms with Gasteiger partial charge >= 0.3 is 5.97 Å². The molecule has 3 aliphatic rings. The average Bonchev–Trinajstić information content (AvgIpc) is 3.87. The Hall–Kier alpha value is -5.02. The molecule has 1 saturated heterocycles. The first-order valence-corrected chi connectivity index (χ1v) is 18.4. The zero-order chi connectivity index (χ0) is 38.5. The number of unbranched alkanes of at least 4 members (excludes halogenated alkanes) is 1. The maximum atomic E-state index is 14.8. The predicted molar refractivity (Wildman–Crippen MR) is 200 cm³/mol. The first-order chi connectivity index (χ1) is 25.2. The van der Waals surface area contributed by atoms with E-state index in [9.17, 15) is 29.1 Å². The number of aliphatic imine (C=N–C) groups is 1. The molecule has 2 aromatic carbocycles. The number of nitrogens with two attached hydrogens (primary N) is 4. The second-order valence-corrected chi connectivity index (χ2v) is 15.0. The monoisotopic (exact) mass is 731 g/mol. The van der Waals surface area contributed by atoms with Crippen molar-refractivity contribution in [1.29, 1.82) is 0 Å². The molecule has 15 nitrogen and oxygen atoms in total. The van der Waals surface area contributed by atoms with E-state index >= 15 is 0 Å². The molecule has 2 heterocycles. The Balaban J connectivity index is 1.41. The van der Waals surface area contributed by atoms with Crippen LogP contribution in [0.1, 0.15) is 75.8 Å². The molecule has 0 aromatic heterocycles. The van der Waals surface area contributed by atoms with E-state index in [2.05, 4.69) is 15.6 Å². The summed E-state index contributed by atoms with van der Waals surface area (Å²) in [5.74, 6) is -3.30. The maximum Gasteiger partial charge on any atom is 0.323 e. The van der Waals surface area contributed by atoms with Gasteiger partial charge in [-0.25, -0.2) is 0 Å². The van der Waals surface area contributed by atoms with Gasteiger partial charge in [0.1, 0.15) is 23.2 Å². The Bertz CT molecular complexity index is 1710. The summed E-state index contributed by atoms with van der Waals surface area (Å²) in [5.41, 5.74) is 23.0. The van der Waals surface area contributed by atoms with Crippen molar-refractivity contribution in [3.05, 3.63) is 65.7 Å². The highest BCUT2D eigenvalue weighted by Crippen LogP contribution is 2.58. The van der Waals surface area contributed by atoms with Crippen molar-refractivity contribution in [3.63, 3.8) is 0 Å². The first kappa shape index (κ1) is 39.2. The Kier molecular flexibility index (Phi) is 12.1. The molecule has 1 unspecified atom stereocenters. The summed E-state index contributed by atoms with van der Waals surface area (Å²) in [6.45, 7) is 4.43. The lowest BCUT2D eigenvalue weighted by Crippen LogP contribution is -2.63. The number of anilines is 1. The summed E-state index contributed by atoms with van der Waals surface area (Å²) >= 11 is 0. The molecule has 5 rings (SSSR count). The Morgan fingerprint density at radius 3 is 2.26 bits per heavy atom. The average molecular weight is 732 g/mol. The molecule has 0 bridgehead atoms. The van der Waals surface area contributed by atoms with E-state index in [0.717, 1.165) is 11.1 Å². The molecule has 53 heavy (non-hydrogen) atoms. The molecular weight excluding hydrogens is 678 g/mol. The van der Waals surface area contributed by atoms with Crippen LogP contribution in [-0.4, -0.2) is 94.4 Å². The van der Waals surface area contributed by atoms with Gasteiger partial charge in [0, 0.05) is 31.2 Å².